The van der Waals surface area contributed by atoms with Crippen LogP contribution in [0.3, 0.4) is 0 Å². The Bertz CT molecular complexity index is 440. The quantitative estimate of drug-likeness (QED) is 0.477. The van der Waals surface area contributed by atoms with Crippen molar-refractivity contribution in [3.8, 4) is 0 Å². The van der Waals surface area contributed by atoms with Crippen LogP contribution in [-0.4, -0.2) is 16.9 Å². The normalized spacial score (nSPS) is 11.1. The summed E-state index contributed by atoms with van der Waals surface area (Å²) in [6.07, 6.45) is 0. The molecule has 0 fully saturated rings. The van der Waals surface area contributed by atoms with Crippen molar-refractivity contribution in [2.24, 2.45) is 5.16 Å². The zero-order valence-electron chi connectivity index (χ0n) is 8.24. The van der Waals surface area contributed by atoms with Gasteiger partial charge in [-0.3, -0.25) is 4.79 Å². The number of nitrogens with zero attached hydrogens (tertiary/aromatic N) is 1. The van der Waals surface area contributed by atoms with E-state index in [1.807, 2.05) is 0 Å². The Hall–Kier alpha value is -1.39. The molecule has 1 aromatic rings. The van der Waals surface area contributed by atoms with Crippen molar-refractivity contribution in [1.82, 2.24) is 0 Å². The van der Waals surface area contributed by atoms with E-state index < -0.39 is 11.8 Å². The van der Waals surface area contributed by atoms with Crippen LogP contribution in [0, 0.1) is 0 Å². The van der Waals surface area contributed by atoms with Crippen LogP contribution in [-0.2, 0) is 9.63 Å². The van der Waals surface area contributed by atoms with E-state index in [1.54, 1.807) is 0 Å². The maximum Gasteiger partial charge on any atom is 0.365 e. The highest BCUT2D eigenvalue weighted by molar-refractivity contribution is 6.82. The summed E-state index contributed by atoms with van der Waals surface area (Å²) < 4.78 is 0. The van der Waals surface area contributed by atoms with Crippen LogP contribution < -0.4 is 0 Å². The van der Waals surface area contributed by atoms with Crippen molar-refractivity contribution in [3.05, 3.63) is 34.9 Å². The molecule has 0 aliphatic carbocycles. The lowest BCUT2D eigenvalue weighted by atomic mass is 10.2. The number of carbonyl (C=O) groups is 2. The van der Waals surface area contributed by atoms with Crippen molar-refractivity contribution in [1.29, 1.82) is 0 Å². The van der Waals surface area contributed by atoms with E-state index in [0.717, 1.165) is 0 Å². The maximum absolute atomic E-state index is 11.3. The molecule has 0 aromatic heterocycles. The van der Waals surface area contributed by atoms with Crippen LogP contribution in [0.4, 0.5) is 0 Å². The zero-order valence-corrected chi connectivity index (χ0v) is 9.75. The van der Waals surface area contributed by atoms with E-state index in [1.165, 1.54) is 31.2 Å². The first kappa shape index (κ1) is 12.7. The number of halogens is 2. The van der Waals surface area contributed by atoms with Crippen LogP contribution in [0.2, 0.25) is 5.02 Å². The second-order valence-electron chi connectivity index (χ2n) is 2.82. The molecular formula is C10H7Cl2NO3. The summed E-state index contributed by atoms with van der Waals surface area (Å²) in [7, 11) is 0. The van der Waals surface area contributed by atoms with Gasteiger partial charge in [-0.05, 0) is 24.3 Å². The number of rotatable bonds is 3. The number of oxime groups is 1. The molecule has 0 N–H and O–H groups in total. The fourth-order valence-electron chi connectivity index (χ4n) is 0.784. The van der Waals surface area contributed by atoms with Crippen molar-refractivity contribution in [2.45, 2.75) is 6.92 Å². The third kappa shape index (κ3) is 3.64. The molecule has 0 spiro atoms. The maximum atomic E-state index is 11.3. The Morgan fingerprint density at radius 3 is 2.31 bits per heavy atom. The van der Waals surface area contributed by atoms with Gasteiger partial charge in [-0.2, -0.15) is 0 Å². The summed E-state index contributed by atoms with van der Waals surface area (Å²) >= 11 is 11.0. The van der Waals surface area contributed by atoms with Crippen molar-refractivity contribution < 1.29 is 14.4 Å². The van der Waals surface area contributed by atoms with Crippen LogP contribution in [0.25, 0.3) is 0 Å². The third-order valence-electron chi connectivity index (χ3n) is 1.58. The van der Waals surface area contributed by atoms with E-state index >= 15 is 0 Å². The molecular weight excluding hydrogens is 253 g/mol. The minimum atomic E-state index is -0.712. The molecule has 16 heavy (non-hydrogen) atoms. The molecule has 0 unspecified atom stereocenters. The van der Waals surface area contributed by atoms with Gasteiger partial charge in [0, 0.05) is 11.9 Å². The van der Waals surface area contributed by atoms with E-state index in [-0.39, 0.29) is 10.7 Å². The van der Waals surface area contributed by atoms with Gasteiger partial charge in [-0.15, -0.1) is 0 Å². The first-order chi connectivity index (χ1) is 7.50. The number of hydrogen-bond acceptors (Lipinski definition) is 4. The summed E-state index contributed by atoms with van der Waals surface area (Å²) in [5.74, 6) is -1.19. The molecule has 0 aliphatic heterocycles. The lowest BCUT2D eigenvalue weighted by Crippen LogP contribution is -2.06. The standard InChI is InChI=1S/C10H7Cl2NO3/c1-6(14)9(12)13-16-10(15)7-2-4-8(11)5-3-7/h2-5H,1H3/b13-9-. The number of ketones is 1. The largest absolute Gasteiger partial charge is 0.365 e. The SMILES string of the molecule is CC(=O)/C(Cl)=N/OC(=O)c1ccc(Cl)cc1. The predicted octanol–water partition coefficient (Wildman–Crippen LogP) is 2.64. The third-order valence-corrected chi connectivity index (χ3v) is 2.17. The predicted molar refractivity (Wildman–Crippen MR) is 60.8 cm³/mol. The number of hydrogen-bond donors (Lipinski definition) is 0. The van der Waals surface area contributed by atoms with Crippen LogP contribution in [0.5, 0.6) is 0 Å². The summed E-state index contributed by atoms with van der Waals surface area (Å²) in [6, 6.07) is 6.02. The van der Waals surface area contributed by atoms with Gasteiger partial charge in [0.05, 0.1) is 5.56 Å². The molecule has 1 aromatic carbocycles. The Labute approximate surface area is 102 Å². The number of carbonyl (C=O) groups excluding carboxylic acids is 2. The number of Topliss-reactive ketones (excluding diaryl/α,β-unsaturated/α-hetero) is 1. The highest BCUT2D eigenvalue weighted by atomic mass is 35.5. The minimum absolute atomic E-state index is 0.265. The molecule has 0 amide bonds. The second-order valence-corrected chi connectivity index (χ2v) is 3.62. The average Bonchev–Trinajstić information content (AvgIpc) is 2.26. The Kier molecular flexibility index (Phi) is 4.46. The molecule has 0 aliphatic rings. The lowest BCUT2D eigenvalue weighted by molar-refractivity contribution is -0.110. The van der Waals surface area contributed by atoms with Gasteiger partial charge in [-0.1, -0.05) is 28.4 Å². The second kappa shape index (κ2) is 5.63. The summed E-state index contributed by atoms with van der Waals surface area (Å²) in [5, 5.41) is 3.29. The van der Waals surface area contributed by atoms with Crippen molar-refractivity contribution in [2.75, 3.05) is 0 Å². The molecule has 84 valence electrons. The Morgan fingerprint density at radius 2 is 1.81 bits per heavy atom. The summed E-state index contributed by atoms with van der Waals surface area (Å²) in [6.45, 7) is 1.21. The fourth-order valence-corrected chi connectivity index (χ4v) is 0.945. The highest BCUT2D eigenvalue weighted by Crippen LogP contribution is 2.10. The highest BCUT2D eigenvalue weighted by Gasteiger charge is 2.08. The Balaban J connectivity index is 2.70. The van der Waals surface area contributed by atoms with Gasteiger partial charge in [0.1, 0.15) is 0 Å². The van der Waals surface area contributed by atoms with Gasteiger partial charge in [0.15, 0.2) is 5.78 Å². The van der Waals surface area contributed by atoms with Gasteiger partial charge in [0.25, 0.3) is 0 Å². The summed E-state index contributed by atoms with van der Waals surface area (Å²) in [5.41, 5.74) is 0.265. The zero-order chi connectivity index (χ0) is 12.1. The Morgan fingerprint density at radius 1 is 1.25 bits per heavy atom. The molecule has 1 rings (SSSR count). The van der Waals surface area contributed by atoms with Crippen molar-refractivity contribution >= 4 is 40.1 Å². The van der Waals surface area contributed by atoms with Gasteiger partial charge in [-0.25, -0.2) is 4.79 Å². The molecule has 0 saturated carbocycles. The van der Waals surface area contributed by atoms with E-state index in [4.69, 9.17) is 23.2 Å². The molecule has 6 heteroatoms. The van der Waals surface area contributed by atoms with Crippen LogP contribution in [0.1, 0.15) is 17.3 Å². The van der Waals surface area contributed by atoms with Crippen LogP contribution in [0.15, 0.2) is 29.4 Å². The minimum Gasteiger partial charge on any atom is -0.311 e. The molecule has 0 radical (unpaired) electrons. The first-order valence-corrected chi connectivity index (χ1v) is 4.97. The van der Waals surface area contributed by atoms with Gasteiger partial charge in [0.2, 0.25) is 5.17 Å². The van der Waals surface area contributed by atoms with Crippen molar-refractivity contribution in [3.63, 3.8) is 0 Å². The molecule has 4 nitrogen and oxygen atoms in total. The topological polar surface area (TPSA) is 55.7 Å². The monoisotopic (exact) mass is 259 g/mol. The first-order valence-electron chi connectivity index (χ1n) is 4.22. The van der Waals surface area contributed by atoms with Gasteiger partial charge < -0.3 is 4.84 Å². The molecule has 0 bridgehead atoms. The lowest BCUT2D eigenvalue weighted by Gasteiger charge is -1.98. The van der Waals surface area contributed by atoms with E-state index in [0.29, 0.717) is 5.02 Å². The average molecular weight is 260 g/mol. The van der Waals surface area contributed by atoms with E-state index in [9.17, 15) is 9.59 Å². The smallest absolute Gasteiger partial charge is 0.311 e. The van der Waals surface area contributed by atoms with E-state index in [2.05, 4.69) is 9.99 Å². The van der Waals surface area contributed by atoms with Crippen LogP contribution >= 0.6 is 23.2 Å². The number of benzene rings is 1. The molecule has 0 saturated heterocycles. The molecule has 0 heterocycles. The van der Waals surface area contributed by atoms with Gasteiger partial charge >= 0.3 is 5.97 Å². The molecule has 0 atom stereocenters. The summed E-state index contributed by atoms with van der Waals surface area (Å²) in [4.78, 5) is 26.5. The fraction of sp³-hybridized carbons (Fsp3) is 0.100.